The lowest BCUT2D eigenvalue weighted by atomic mass is 10.1. The summed E-state index contributed by atoms with van der Waals surface area (Å²) in [5.41, 5.74) is 0.748. The average Bonchev–Trinajstić information content (AvgIpc) is 3.54. The van der Waals surface area contributed by atoms with Crippen LogP contribution in [0.4, 0.5) is 0 Å². The summed E-state index contributed by atoms with van der Waals surface area (Å²) in [5.74, 6) is -0.821. The highest BCUT2D eigenvalue weighted by Crippen LogP contribution is 2.48. The van der Waals surface area contributed by atoms with Gasteiger partial charge in [-0.2, -0.15) is 0 Å². The molecule has 3 heterocycles. The number of unbranched alkanes of at least 4 members (excludes halogenated alkanes) is 2. The quantitative estimate of drug-likeness (QED) is 0.116. The summed E-state index contributed by atoms with van der Waals surface area (Å²) in [6.45, 7) is 4.76. The van der Waals surface area contributed by atoms with Crippen LogP contribution in [0.2, 0.25) is 5.02 Å². The maximum atomic E-state index is 13.0. The first-order valence-corrected chi connectivity index (χ1v) is 13.9. The summed E-state index contributed by atoms with van der Waals surface area (Å²) in [5, 5.41) is 1.98. The summed E-state index contributed by atoms with van der Waals surface area (Å²) in [4.78, 5) is 39.2. The Morgan fingerprint density at radius 2 is 1.44 bits per heavy atom. The zero-order valence-corrected chi connectivity index (χ0v) is 22.0. The molecule has 0 spiro atoms. The number of carbonyl (C=O) groups excluding carboxylic acids is 3. The summed E-state index contributed by atoms with van der Waals surface area (Å²) < 4.78 is 12.6. The Morgan fingerprint density at radius 3 is 2.06 bits per heavy atom. The Kier molecular flexibility index (Phi) is 8.03. The van der Waals surface area contributed by atoms with Crippen LogP contribution in [0.3, 0.4) is 0 Å². The minimum Gasteiger partial charge on any atom is -0.461 e. The van der Waals surface area contributed by atoms with Crippen molar-refractivity contribution >= 4 is 84.0 Å². The second-order valence-corrected chi connectivity index (χ2v) is 11.2. The van der Waals surface area contributed by atoms with Gasteiger partial charge in [-0.15, -0.1) is 34.0 Å². The lowest BCUT2D eigenvalue weighted by Gasteiger charge is -2.04. The van der Waals surface area contributed by atoms with E-state index in [9.17, 15) is 14.4 Å². The highest BCUT2D eigenvalue weighted by atomic mass is 35.5. The largest absolute Gasteiger partial charge is 0.461 e. The molecular weight excluding hydrogens is 512 g/mol. The van der Waals surface area contributed by atoms with E-state index in [0.717, 1.165) is 62.6 Å². The number of benzene rings is 1. The zero-order valence-electron chi connectivity index (χ0n) is 18.8. The van der Waals surface area contributed by atoms with Crippen molar-refractivity contribution in [3.63, 3.8) is 0 Å². The molecule has 0 atom stereocenters. The Hall–Kier alpha value is -2.26. The second-order valence-electron chi connectivity index (χ2n) is 7.67. The number of esters is 2. The van der Waals surface area contributed by atoms with E-state index in [1.54, 1.807) is 6.07 Å². The first-order chi connectivity index (χ1) is 16.5. The maximum absolute atomic E-state index is 13.0. The van der Waals surface area contributed by atoms with E-state index in [1.165, 1.54) is 34.0 Å². The number of thiophene rings is 3. The molecule has 0 N–H and O–H groups in total. The molecule has 4 aromatic rings. The van der Waals surface area contributed by atoms with Gasteiger partial charge < -0.3 is 9.47 Å². The van der Waals surface area contributed by atoms with Gasteiger partial charge >= 0.3 is 11.9 Å². The molecule has 9 heteroatoms. The van der Waals surface area contributed by atoms with E-state index in [1.807, 2.05) is 32.0 Å². The van der Waals surface area contributed by atoms with E-state index in [0.29, 0.717) is 32.9 Å². The van der Waals surface area contributed by atoms with Crippen LogP contribution < -0.4 is 0 Å². The maximum Gasteiger partial charge on any atom is 0.349 e. The predicted molar refractivity (Wildman–Crippen MR) is 141 cm³/mol. The summed E-state index contributed by atoms with van der Waals surface area (Å²) in [6.07, 6.45) is 4.23. The molecule has 4 rings (SSSR count). The van der Waals surface area contributed by atoms with Crippen LogP contribution in [-0.2, 0) is 9.47 Å². The van der Waals surface area contributed by atoms with Crippen LogP contribution in [0.15, 0.2) is 24.3 Å². The van der Waals surface area contributed by atoms with E-state index < -0.39 is 5.97 Å². The van der Waals surface area contributed by atoms with Gasteiger partial charge in [0.25, 0.3) is 0 Å². The van der Waals surface area contributed by atoms with Gasteiger partial charge in [-0.25, -0.2) is 9.59 Å². The van der Waals surface area contributed by atoms with Crippen molar-refractivity contribution in [3.05, 3.63) is 43.9 Å². The van der Waals surface area contributed by atoms with Gasteiger partial charge in [-0.1, -0.05) is 50.4 Å². The van der Waals surface area contributed by atoms with Crippen molar-refractivity contribution in [2.75, 3.05) is 13.2 Å². The van der Waals surface area contributed by atoms with E-state index in [-0.39, 0.29) is 5.97 Å². The molecule has 3 aromatic heterocycles. The SMILES string of the molecule is CCCCOC(=O)c1sc2c(ccc3c(-c4ccc(C=O)s4)c(C(=O)OCCCC)sc32)c1Cl. The van der Waals surface area contributed by atoms with Gasteiger partial charge in [0, 0.05) is 21.2 Å². The van der Waals surface area contributed by atoms with Crippen molar-refractivity contribution in [2.24, 2.45) is 0 Å². The average molecular weight is 535 g/mol. The monoisotopic (exact) mass is 534 g/mol. The van der Waals surface area contributed by atoms with Crippen LogP contribution in [0, 0.1) is 0 Å². The van der Waals surface area contributed by atoms with Crippen LogP contribution >= 0.6 is 45.6 Å². The molecule has 178 valence electrons. The first kappa shape index (κ1) is 24.9. The predicted octanol–water partition coefficient (Wildman–Crippen LogP) is 8.22. The Morgan fingerprint density at radius 1 is 0.853 bits per heavy atom. The Balaban J connectivity index is 1.86. The van der Waals surface area contributed by atoms with Gasteiger partial charge in [0.2, 0.25) is 0 Å². The standard InChI is InChI=1S/C25H23ClO5S3/c1-3-5-11-30-24(28)22-18(17-10-7-14(13-27)32-17)15-8-9-16-19(26)23(25(29)31-12-6-4-2)34-21(16)20(15)33-22/h7-10,13H,3-6,11-12H2,1-2H3. The summed E-state index contributed by atoms with van der Waals surface area (Å²) in [6, 6.07) is 7.38. The third-order valence-corrected chi connectivity index (χ3v) is 9.34. The number of ether oxygens (including phenoxy) is 2. The number of rotatable bonds is 10. The molecule has 0 bridgehead atoms. The van der Waals surface area contributed by atoms with Crippen LogP contribution in [0.1, 0.15) is 68.5 Å². The number of hydrogen-bond acceptors (Lipinski definition) is 8. The van der Waals surface area contributed by atoms with Gasteiger partial charge in [0.05, 0.1) is 32.5 Å². The molecule has 0 aliphatic heterocycles. The van der Waals surface area contributed by atoms with Crippen molar-refractivity contribution in [3.8, 4) is 10.4 Å². The number of aldehydes is 1. The lowest BCUT2D eigenvalue weighted by Crippen LogP contribution is -2.05. The molecule has 0 amide bonds. The molecule has 5 nitrogen and oxygen atoms in total. The molecule has 0 saturated heterocycles. The fraction of sp³-hybridized carbons (Fsp3) is 0.320. The second kappa shape index (κ2) is 11.0. The van der Waals surface area contributed by atoms with E-state index >= 15 is 0 Å². The molecular formula is C25H23ClO5S3. The smallest absolute Gasteiger partial charge is 0.349 e. The minimum atomic E-state index is -0.433. The van der Waals surface area contributed by atoms with Crippen molar-refractivity contribution in [1.29, 1.82) is 0 Å². The Bertz CT molecular complexity index is 1360. The molecule has 0 radical (unpaired) electrons. The highest BCUT2D eigenvalue weighted by Gasteiger charge is 2.26. The molecule has 34 heavy (non-hydrogen) atoms. The van der Waals surface area contributed by atoms with Crippen LogP contribution in [0.25, 0.3) is 30.6 Å². The van der Waals surface area contributed by atoms with E-state index in [4.69, 9.17) is 21.1 Å². The van der Waals surface area contributed by atoms with Gasteiger partial charge in [0.1, 0.15) is 9.75 Å². The third kappa shape index (κ3) is 4.77. The fourth-order valence-corrected chi connectivity index (χ4v) is 7.29. The van der Waals surface area contributed by atoms with Crippen LogP contribution in [-0.4, -0.2) is 31.4 Å². The van der Waals surface area contributed by atoms with Gasteiger partial charge in [-0.3, -0.25) is 4.79 Å². The molecule has 0 unspecified atom stereocenters. The molecule has 1 aromatic carbocycles. The van der Waals surface area contributed by atoms with Gasteiger partial charge in [0.15, 0.2) is 6.29 Å². The molecule has 0 aliphatic rings. The molecule has 0 fully saturated rings. The van der Waals surface area contributed by atoms with Crippen LogP contribution in [0.5, 0.6) is 0 Å². The number of fused-ring (bicyclic) bond motifs is 3. The van der Waals surface area contributed by atoms with Crippen molar-refractivity contribution < 1.29 is 23.9 Å². The summed E-state index contributed by atoms with van der Waals surface area (Å²) >= 11 is 10.5. The van der Waals surface area contributed by atoms with Gasteiger partial charge in [-0.05, 0) is 25.0 Å². The first-order valence-electron chi connectivity index (χ1n) is 11.1. The molecule has 0 saturated carbocycles. The Labute approximate surface area is 214 Å². The summed E-state index contributed by atoms with van der Waals surface area (Å²) in [7, 11) is 0. The molecule has 0 aliphatic carbocycles. The lowest BCUT2D eigenvalue weighted by molar-refractivity contribution is 0.0496. The normalized spacial score (nSPS) is 11.3. The number of hydrogen-bond donors (Lipinski definition) is 0. The number of carbonyl (C=O) groups is 3. The fourth-order valence-electron chi connectivity index (χ4n) is 3.50. The van der Waals surface area contributed by atoms with E-state index in [2.05, 4.69) is 0 Å². The van der Waals surface area contributed by atoms with Crippen molar-refractivity contribution in [2.45, 2.75) is 39.5 Å². The topological polar surface area (TPSA) is 69.7 Å². The zero-order chi connectivity index (χ0) is 24.2. The number of halogens is 1. The third-order valence-electron chi connectivity index (χ3n) is 5.27. The highest BCUT2D eigenvalue weighted by molar-refractivity contribution is 7.30. The minimum absolute atomic E-state index is 0.348. The van der Waals surface area contributed by atoms with Crippen molar-refractivity contribution in [1.82, 2.24) is 0 Å².